The summed E-state index contributed by atoms with van der Waals surface area (Å²) in [5, 5.41) is 8.85. The van der Waals surface area contributed by atoms with Gasteiger partial charge in [0.15, 0.2) is 0 Å². The van der Waals surface area contributed by atoms with Crippen molar-refractivity contribution in [3.63, 3.8) is 0 Å². The molecule has 0 radical (unpaired) electrons. The van der Waals surface area contributed by atoms with Gasteiger partial charge < -0.3 is 9.84 Å². The van der Waals surface area contributed by atoms with Gasteiger partial charge in [-0.2, -0.15) is 17.4 Å². The van der Waals surface area contributed by atoms with Crippen LogP contribution < -0.4 is 9.46 Å². The Morgan fingerprint density at radius 2 is 2.05 bits per heavy atom. The third kappa shape index (κ3) is 3.91. The molecule has 0 heterocycles. The summed E-state index contributed by atoms with van der Waals surface area (Å²) >= 11 is 0. The zero-order valence-electron chi connectivity index (χ0n) is 10.9. The minimum atomic E-state index is -3.54. The van der Waals surface area contributed by atoms with E-state index in [0.717, 1.165) is 4.31 Å². The Morgan fingerprint density at radius 1 is 1.42 bits per heavy atom. The van der Waals surface area contributed by atoms with Crippen LogP contribution in [0.5, 0.6) is 5.75 Å². The molecular weight excluding hydrogens is 272 g/mol. The number of nitrogens with zero attached hydrogens (tertiary/aromatic N) is 1. The standard InChI is InChI=1S/C11H16N2O5S/c1-13(2)19(16,17)12-7-9-5-4-8(11(14)15)6-10(9)18-3/h4-6,12H,7H2,1-3H3,(H,14,15). The highest BCUT2D eigenvalue weighted by Gasteiger charge is 2.15. The van der Waals surface area contributed by atoms with E-state index < -0.39 is 16.2 Å². The zero-order valence-corrected chi connectivity index (χ0v) is 11.7. The van der Waals surface area contributed by atoms with Gasteiger partial charge in [-0.15, -0.1) is 0 Å². The predicted octanol–water partition coefficient (Wildman–Crippen LogP) is 0.289. The molecule has 0 atom stereocenters. The lowest BCUT2D eigenvalue weighted by Crippen LogP contribution is -2.35. The van der Waals surface area contributed by atoms with Gasteiger partial charge in [0.05, 0.1) is 12.7 Å². The Bertz CT molecular complexity index is 568. The third-order valence-corrected chi connectivity index (χ3v) is 3.93. The summed E-state index contributed by atoms with van der Waals surface area (Å²) in [6.45, 7) is 0.0174. The fourth-order valence-corrected chi connectivity index (χ4v) is 1.92. The van der Waals surface area contributed by atoms with Crippen LogP contribution in [0, 0.1) is 0 Å². The Labute approximate surface area is 112 Å². The maximum atomic E-state index is 11.6. The molecule has 1 aromatic carbocycles. The fourth-order valence-electron chi connectivity index (χ4n) is 1.32. The first-order chi connectivity index (χ1) is 8.77. The summed E-state index contributed by atoms with van der Waals surface area (Å²) < 4.78 is 31.6. The summed E-state index contributed by atoms with van der Waals surface area (Å²) in [5.74, 6) is -0.750. The average molecular weight is 288 g/mol. The Kier molecular flexibility index (Phi) is 4.87. The second kappa shape index (κ2) is 6.00. The molecule has 0 unspecified atom stereocenters. The summed E-state index contributed by atoms with van der Waals surface area (Å²) in [4.78, 5) is 10.8. The number of carboxylic acids is 1. The first-order valence-corrected chi connectivity index (χ1v) is 6.79. The van der Waals surface area contributed by atoms with Crippen molar-refractivity contribution < 1.29 is 23.1 Å². The first-order valence-electron chi connectivity index (χ1n) is 5.35. The Morgan fingerprint density at radius 3 is 2.53 bits per heavy atom. The van der Waals surface area contributed by atoms with Gasteiger partial charge in [0.2, 0.25) is 0 Å². The highest BCUT2D eigenvalue weighted by atomic mass is 32.2. The summed E-state index contributed by atoms with van der Waals surface area (Å²) in [7, 11) is 0.677. The normalized spacial score (nSPS) is 11.6. The van der Waals surface area contributed by atoms with Crippen LogP contribution in [-0.4, -0.2) is 45.0 Å². The van der Waals surface area contributed by atoms with E-state index in [0.29, 0.717) is 11.3 Å². The molecule has 0 saturated heterocycles. The number of methoxy groups -OCH3 is 1. The number of hydrogen-bond donors (Lipinski definition) is 2. The summed E-state index contributed by atoms with van der Waals surface area (Å²) in [6.07, 6.45) is 0. The molecule has 19 heavy (non-hydrogen) atoms. The van der Waals surface area contributed by atoms with Gasteiger partial charge in [0.25, 0.3) is 10.2 Å². The SMILES string of the molecule is COc1cc(C(=O)O)ccc1CNS(=O)(=O)N(C)C. The summed E-state index contributed by atoms with van der Waals surface area (Å²) in [5.41, 5.74) is 0.633. The minimum absolute atomic E-state index is 0.0174. The van der Waals surface area contributed by atoms with Crippen molar-refractivity contribution in [2.24, 2.45) is 0 Å². The van der Waals surface area contributed by atoms with Crippen molar-refractivity contribution in [2.75, 3.05) is 21.2 Å². The number of ether oxygens (including phenoxy) is 1. The predicted molar refractivity (Wildman–Crippen MR) is 69.4 cm³/mol. The number of hydrogen-bond acceptors (Lipinski definition) is 4. The molecule has 0 aromatic heterocycles. The Balaban J connectivity index is 2.94. The zero-order chi connectivity index (χ0) is 14.6. The smallest absolute Gasteiger partial charge is 0.335 e. The van der Waals surface area contributed by atoms with Crippen molar-refractivity contribution in [1.29, 1.82) is 0 Å². The van der Waals surface area contributed by atoms with Gasteiger partial charge in [0.1, 0.15) is 5.75 Å². The van der Waals surface area contributed by atoms with Gasteiger partial charge >= 0.3 is 5.97 Å². The molecule has 106 valence electrons. The number of nitrogens with one attached hydrogen (secondary N) is 1. The number of carbonyl (C=O) groups is 1. The second-order valence-corrected chi connectivity index (χ2v) is 5.91. The van der Waals surface area contributed by atoms with Crippen LogP contribution >= 0.6 is 0 Å². The van der Waals surface area contributed by atoms with E-state index in [9.17, 15) is 13.2 Å². The molecule has 8 heteroatoms. The lowest BCUT2D eigenvalue weighted by atomic mass is 10.1. The molecular formula is C11H16N2O5S. The topological polar surface area (TPSA) is 95.9 Å². The molecule has 0 fully saturated rings. The van der Waals surface area contributed by atoms with Crippen LogP contribution in [0.2, 0.25) is 0 Å². The highest BCUT2D eigenvalue weighted by molar-refractivity contribution is 7.87. The highest BCUT2D eigenvalue weighted by Crippen LogP contribution is 2.20. The maximum Gasteiger partial charge on any atom is 0.335 e. The first kappa shape index (κ1) is 15.4. The van der Waals surface area contributed by atoms with E-state index in [1.807, 2.05) is 0 Å². The van der Waals surface area contributed by atoms with E-state index in [1.54, 1.807) is 0 Å². The fraction of sp³-hybridized carbons (Fsp3) is 0.364. The molecule has 0 spiro atoms. The Hall–Kier alpha value is -1.64. The number of carboxylic acid groups (broad SMARTS) is 1. The van der Waals surface area contributed by atoms with Crippen LogP contribution in [0.4, 0.5) is 0 Å². The van der Waals surface area contributed by atoms with E-state index in [1.165, 1.54) is 39.4 Å². The quantitative estimate of drug-likeness (QED) is 0.784. The lowest BCUT2D eigenvalue weighted by molar-refractivity contribution is 0.0696. The van der Waals surface area contributed by atoms with Gasteiger partial charge in [-0.3, -0.25) is 0 Å². The molecule has 0 aliphatic heterocycles. The van der Waals surface area contributed by atoms with Crippen LogP contribution in [-0.2, 0) is 16.8 Å². The van der Waals surface area contributed by atoms with E-state index in [-0.39, 0.29) is 12.1 Å². The molecule has 0 saturated carbocycles. The molecule has 2 N–H and O–H groups in total. The molecule has 0 aliphatic carbocycles. The second-order valence-electron chi connectivity index (χ2n) is 3.94. The van der Waals surface area contributed by atoms with Crippen LogP contribution in [0.25, 0.3) is 0 Å². The molecule has 1 rings (SSSR count). The van der Waals surface area contributed by atoms with Crippen molar-refractivity contribution in [2.45, 2.75) is 6.54 Å². The van der Waals surface area contributed by atoms with Crippen LogP contribution in [0.15, 0.2) is 18.2 Å². The van der Waals surface area contributed by atoms with E-state index >= 15 is 0 Å². The van der Waals surface area contributed by atoms with Gasteiger partial charge in [-0.25, -0.2) is 4.79 Å². The number of rotatable bonds is 6. The molecule has 1 aromatic rings. The third-order valence-electron chi connectivity index (χ3n) is 2.46. The van der Waals surface area contributed by atoms with Crippen molar-refractivity contribution in [3.05, 3.63) is 29.3 Å². The summed E-state index contributed by atoms with van der Waals surface area (Å²) in [6, 6.07) is 4.26. The number of benzene rings is 1. The van der Waals surface area contributed by atoms with Gasteiger partial charge in [-0.05, 0) is 12.1 Å². The molecule has 0 aliphatic rings. The van der Waals surface area contributed by atoms with E-state index in [2.05, 4.69) is 4.72 Å². The van der Waals surface area contributed by atoms with Crippen LogP contribution in [0.3, 0.4) is 0 Å². The van der Waals surface area contributed by atoms with Gasteiger partial charge in [0, 0.05) is 26.2 Å². The van der Waals surface area contributed by atoms with Crippen molar-refractivity contribution in [1.82, 2.24) is 9.03 Å². The largest absolute Gasteiger partial charge is 0.496 e. The lowest BCUT2D eigenvalue weighted by Gasteiger charge is -2.14. The maximum absolute atomic E-state index is 11.6. The molecule has 7 nitrogen and oxygen atoms in total. The monoisotopic (exact) mass is 288 g/mol. The van der Waals surface area contributed by atoms with Gasteiger partial charge in [-0.1, -0.05) is 6.07 Å². The molecule has 0 bridgehead atoms. The van der Waals surface area contributed by atoms with E-state index in [4.69, 9.17) is 9.84 Å². The number of aromatic carboxylic acids is 1. The minimum Gasteiger partial charge on any atom is -0.496 e. The molecule has 0 amide bonds. The van der Waals surface area contributed by atoms with Crippen molar-refractivity contribution in [3.8, 4) is 5.75 Å². The van der Waals surface area contributed by atoms with Crippen LogP contribution in [0.1, 0.15) is 15.9 Å². The van der Waals surface area contributed by atoms with Crippen molar-refractivity contribution >= 4 is 16.2 Å². The average Bonchev–Trinajstić information content (AvgIpc) is 2.35.